The SMILES string of the molecule is O=C(OC1OC2CC(CO2)C1OC(=O)c1ccc(Br)cc1)c1ccc(Br)cc1. The van der Waals surface area contributed by atoms with Gasteiger partial charge < -0.3 is 18.9 Å². The van der Waals surface area contributed by atoms with Crippen LogP contribution >= 0.6 is 31.9 Å². The fourth-order valence-corrected chi connectivity index (χ4v) is 3.70. The summed E-state index contributed by atoms with van der Waals surface area (Å²) in [5.41, 5.74) is 0.783. The molecule has 2 aromatic carbocycles. The first-order valence-corrected chi connectivity index (χ1v) is 10.3. The average Bonchev–Trinajstić information content (AvgIpc) is 3.08. The number of esters is 2. The molecular weight excluding hydrogens is 496 g/mol. The minimum Gasteiger partial charge on any atom is -0.452 e. The van der Waals surface area contributed by atoms with Crippen molar-refractivity contribution >= 4 is 43.8 Å². The van der Waals surface area contributed by atoms with Gasteiger partial charge in [-0.2, -0.15) is 0 Å². The lowest BCUT2D eigenvalue weighted by atomic mass is 9.98. The van der Waals surface area contributed by atoms with Crippen LogP contribution in [0.4, 0.5) is 0 Å². The van der Waals surface area contributed by atoms with E-state index in [9.17, 15) is 9.59 Å². The Hall–Kier alpha value is -1.74. The van der Waals surface area contributed by atoms with E-state index in [4.69, 9.17) is 18.9 Å². The first-order valence-electron chi connectivity index (χ1n) is 8.70. The summed E-state index contributed by atoms with van der Waals surface area (Å²) < 4.78 is 24.1. The van der Waals surface area contributed by atoms with Gasteiger partial charge in [-0.1, -0.05) is 31.9 Å². The highest BCUT2D eigenvalue weighted by molar-refractivity contribution is 9.10. The summed E-state index contributed by atoms with van der Waals surface area (Å²) in [5.74, 6) is -1.15. The molecule has 0 saturated carbocycles. The second kappa shape index (κ2) is 8.32. The maximum Gasteiger partial charge on any atom is 0.340 e. The Bertz CT molecular complexity index is 867. The molecule has 0 spiro atoms. The van der Waals surface area contributed by atoms with Gasteiger partial charge in [-0.3, -0.25) is 0 Å². The van der Waals surface area contributed by atoms with Gasteiger partial charge in [-0.25, -0.2) is 9.59 Å². The van der Waals surface area contributed by atoms with Crippen LogP contribution < -0.4 is 0 Å². The highest BCUT2D eigenvalue weighted by atomic mass is 79.9. The van der Waals surface area contributed by atoms with E-state index >= 15 is 0 Å². The van der Waals surface area contributed by atoms with Crippen LogP contribution in [0.25, 0.3) is 0 Å². The summed E-state index contributed by atoms with van der Waals surface area (Å²) in [6.45, 7) is 0.384. The largest absolute Gasteiger partial charge is 0.452 e. The predicted molar refractivity (Wildman–Crippen MR) is 106 cm³/mol. The van der Waals surface area contributed by atoms with Gasteiger partial charge in [0.2, 0.25) is 6.29 Å². The summed E-state index contributed by atoms with van der Waals surface area (Å²) in [6.07, 6.45) is -1.64. The van der Waals surface area contributed by atoms with Crippen LogP contribution in [0.3, 0.4) is 0 Å². The molecule has 0 radical (unpaired) electrons. The molecule has 6 nitrogen and oxygen atoms in total. The number of halogens is 2. The second-order valence-corrected chi connectivity index (χ2v) is 8.38. The summed E-state index contributed by atoms with van der Waals surface area (Å²) in [4.78, 5) is 25.1. The highest BCUT2D eigenvalue weighted by Crippen LogP contribution is 2.36. The zero-order valence-corrected chi connectivity index (χ0v) is 17.7. The van der Waals surface area contributed by atoms with Gasteiger partial charge in [0, 0.05) is 21.3 Å². The van der Waals surface area contributed by atoms with E-state index in [0.717, 1.165) is 8.95 Å². The number of carbonyl (C=O) groups excluding carboxylic acids is 2. The lowest BCUT2D eigenvalue weighted by molar-refractivity contribution is -0.251. The number of rotatable bonds is 4. The van der Waals surface area contributed by atoms with Crippen molar-refractivity contribution in [2.24, 2.45) is 5.92 Å². The summed E-state index contributed by atoms with van der Waals surface area (Å²) >= 11 is 6.66. The molecule has 2 saturated heterocycles. The van der Waals surface area contributed by atoms with Gasteiger partial charge in [-0.05, 0) is 48.5 Å². The minimum absolute atomic E-state index is 0.0964. The van der Waals surface area contributed by atoms with E-state index in [0.29, 0.717) is 24.2 Å². The molecule has 2 bridgehead atoms. The maximum absolute atomic E-state index is 12.6. The van der Waals surface area contributed by atoms with Crippen LogP contribution in [0.15, 0.2) is 57.5 Å². The molecule has 4 atom stereocenters. The fourth-order valence-electron chi connectivity index (χ4n) is 3.17. The molecule has 0 aliphatic carbocycles. The topological polar surface area (TPSA) is 71.1 Å². The average molecular weight is 512 g/mol. The first kappa shape index (κ1) is 19.6. The number of ether oxygens (including phenoxy) is 4. The summed E-state index contributed by atoms with van der Waals surface area (Å²) in [7, 11) is 0. The smallest absolute Gasteiger partial charge is 0.340 e. The Morgan fingerprint density at radius 3 is 1.96 bits per heavy atom. The molecule has 0 N–H and O–H groups in total. The quantitative estimate of drug-likeness (QED) is 0.569. The van der Waals surface area contributed by atoms with Crippen LogP contribution in [-0.4, -0.2) is 37.2 Å². The van der Waals surface area contributed by atoms with Crippen molar-refractivity contribution in [1.29, 1.82) is 0 Å². The molecule has 8 heteroatoms. The van der Waals surface area contributed by atoms with E-state index < -0.39 is 30.6 Å². The zero-order valence-electron chi connectivity index (χ0n) is 14.5. The standard InChI is InChI=1S/C20H16Br2O6/c21-14-5-1-11(2-6-14)18(23)27-17-13-9-16(25-10-13)26-20(17)28-19(24)12-3-7-15(22)8-4-12/h1-8,13,16-17,20H,9-10H2. The van der Waals surface area contributed by atoms with Gasteiger partial charge in [-0.15, -0.1) is 0 Å². The number of hydrogen-bond donors (Lipinski definition) is 0. The van der Waals surface area contributed by atoms with Crippen molar-refractivity contribution in [1.82, 2.24) is 0 Å². The van der Waals surface area contributed by atoms with Gasteiger partial charge in [0.15, 0.2) is 12.4 Å². The predicted octanol–water partition coefficient (Wildman–Crippen LogP) is 4.31. The number of hydrogen-bond acceptors (Lipinski definition) is 6. The first-order chi connectivity index (χ1) is 13.5. The maximum atomic E-state index is 12.6. The summed E-state index contributed by atoms with van der Waals surface area (Å²) in [6, 6.07) is 13.6. The molecule has 0 aromatic heterocycles. The molecule has 28 heavy (non-hydrogen) atoms. The third-order valence-corrected chi connectivity index (χ3v) is 5.69. The molecule has 4 rings (SSSR count). The van der Waals surface area contributed by atoms with Crippen molar-refractivity contribution < 1.29 is 28.5 Å². The van der Waals surface area contributed by atoms with Crippen molar-refractivity contribution in [3.05, 3.63) is 68.6 Å². The lowest BCUT2D eigenvalue weighted by Crippen LogP contribution is -2.46. The van der Waals surface area contributed by atoms with Crippen LogP contribution in [0, 0.1) is 5.92 Å². The normalized spacial score (nSPS) is 25.9. The van der Waals surface area contributed by atoms with Crippen molar-refractivity contribution in [3.8, 4) is 0 Å². The fraction of sp³-hybridized carbons (Fsp3) is 0.300. The highest BCUT2D eigenvalue weighted by Gasteiger charge is 2.48. The Morgan fingerprint density at radius 2 is 1.39 bits per heavy atom. The Morgan fingerprint density at radius 1 is 0.857 bits per heavy atom. The third kappa shape index (κ3) is 4.30. The molecule has 2 aliphatic heterocycles. The van der Waals surface area contributed by atoms with Crippen molar-refractivity contribution in [3.63, 3.8) is 0 Å². The van der Waals surface area contributed by atoms with Gasteiger partial charge >= 0.3 is 11.9 Å². The Labute approximate surface area is 178 Å². The minimum atomic E-state index is -1.03. The van der Waals surface area contributed by atoms with Gasteiger partial charge in [0.1, 0.15) is 0 Å². The molecule has 2 aromatic rings. The van der Waals surface area contributed by atoms with E-state index in [-0.39, 0.29) is 5.92 Å². The van der Waals surface area contributed by atoms with Crippen LogP contribution in [0.1, 0.15) is 27.1 Å². The molecular formula is C20H16Br2O6. The van der Waals surface area contributed by atoms with Crippen molar-refractivity contribution in [2.75, 3.05) is 6.61 Å². The van der Waals surface area contributed by atoms with Crippen molar-refractivity contribution in [2.45, 2.75) is 25.1 Å². The molecule has 4 unspecified atom stereocenters. The Balaban J connectivity index is 1.49. The number of carbonyl (C=O) groups is 2. The molecule has 2 fully saturated rings. The van der Waals surface area contributed by atoms with E-state index in [1.807, 2.05) is 0 Å². The van der Waals surface area contributed by atoms with E-state index in [2.05, 4.69) is 31.9 Å². The van der Waals surface area contributed by atoms with Gasteiger partial charge in [0.25, 0.3) is 0 Å². The molecule has 2 heterocycles. The lowest BCUT2D eigenvalue weighted by Gasteiger charge is -2.33. The second-order valence-electron chi connectivity index (χ2n) is 6.55. The van der Waals surface area contributed by atoms with E-state index in [1.165, 1.54) is 0 Å². The van der Waals surface area contributed by atoms with E-state index in [1.54, 1.807) is 48.5 Å². The third-order valence-electron chi connectivity index (χ3n) is 4.64. The van der Waals surface area contributed by atoms with Crippen LogP contribution in [0.2, 0.25) is 0 Å². The Kier molecular flexibility index (Phi) is 5.82. The van der Waals surface area contributed by atoms with Crippen LogP contribution in [0.5, 0.6) is 0 Å². The molecule has 2 aliphatic rings. The zero-order chi connectivity index (χ0) is 19.7. The molecule has 0 amide bonds. The number of fused-ring (bicyclic) bond motifs is 2. The van der Waals surface area contributed by atoms with Crippen LogP contribution in [-0.2, 0) is 18.9 Å². The monoisotopic (exact) mass is 510 g/mol. The number of benzene rings is 2. The summed E-state index contributed by atoms with van der Waals surface area (Å²) in [5, 5.41) is 0. The van der Waals surface area contributed by atoms with Gasteiger partial charge in [0.05, 0.1) is 17.7 Å². The molecule has 146 valence electrons.